The topological polar surface area (TPSA) is 122 Å². The van der Waals surface area contributed by atoms with Crippen LogP contribution in [0.2, 0.25) is 0 Å². The summed E-state index contributed by atoms with van der Waals surface area (Å²) in [6.45, 7) is 8.46. The van der Waals surface area contributed by atoms with Crippen molar-refractivity contribution < 1.29 is 38.1 Å². The lowest BCUT2D eigenvalue weighted by Crippen LogP contribution is -2.42. The third-order valence-corrected chi connectivity index (χ3v) is 6.65. The van der Waals surface area contributed by atoms with Gasteiger partial charge in [-0.15, -0.1) is 0 Å². The summed E-state index contributed by atoms with van der Waals surface area (Å²) in [5, 5.41) is 2.58. The molecule has 0 saturated heterocycles. The summed E-state index contributed by atoms with van der Waals surface area (Å²) in [6, 6.07) is 11.9. The molecule has 0 aliphatic heterocycles. The molecule has 0 bridgehead atoms. The Bertz CT molecular complexity index is 1370. The number of esters is 2. The Labute approximate surface area is 239 Å². The first kappa shape index (κ1) is 30.9. The summed E-state index contributed by atoms with van der Waals surface area (Å²) in [5.41, 5.74) is 3.66. The predicted octanol–water partition coefficient (Wildman–Crippen LogP) is 4.53. The SMILES string of the molecule is COc1ccc(C(c2ccc(OC)cc2C)[C@H](C)OC(=O)[C@H](C)NC(=O)c2nccc(OC)c2OC(C)=O)c(C)c1. The van der Waals surface area contributed by atoms with Crippen LogP contribution in [0.1, 0.15) is 59.4 Å². The van der Waals surface area contributed by atoms with Crippen LogP contribution >= 0.6 is 0 Å². The fraction of sp³-hybridized carbons (Fsp3) is 0.355. The molecule has 3 rings (SSSR count). The Kier molecular flexibility index (Phi) is 10.3. The Morgan fingerprint density at radius 1 is 0.829 bits per heavy atom. The molecule has 2 aromatic carbocycles. The van der Waals surface area contributed by atoms with Crippen LogP contribution in [-0.4, -0.2) is 56.3 Å². The molecule has 2 atom stereocenters. The molecule has 1 amide bonds. The van der Waals surface area contributed by atoms with E-state index < -0.39 is 30.0 Å². The Morgan fingerprint density at radius 3 is 1.85 bits per heavy atom. The highest BCUT2D eigenvalue weighted by Gasteiger charge is 2.30. The second kappa shape index (κ2) is 13.6. The predicted molar refractivity (Wildman–Crippen MR) is 152 cm³/mol. The summed E-state index contributed by atoms with van der Waals surface area (Å²) >= 11 is 0. The zero-order valence-corrected chi connectivity index (χ0v) is 24.6. The van der Waals surface area contributed by atoms with Gasteiger partial charge >= 0.3 is 11.9 Å². The number of nitrogens with one attached hydrogen (secondary N) is 1. The molecule has 0 spiro atoms. The lowest BCUT2D eigenvalue weighted by atomic mass is 9.82. The van der Waals surface area contributed by atoms with E-state index in [1.54, 1.807) is 14.2 Å². The van der Waals surface area contributed by atoms with Crippen molar-refractivity contribution in [2.45, 2.75) is 52.7 Å². The van der Waals surface area contributed by atoms with Gasteiger partial charge in [-0.1, -0.05) is 12.1 Å². The zero-order chi connectivity index (χ0) is 30.3. The molecule has 10 heteroatoms. The van der Waals surface area contributed by atoms with Gasteiger partial charge in [-0.2, -0.15) is 0 Å². The van der Waals surface area contributed by atoms with Crippen molar-refractivity contribution in [2.24, 2.45) is 0 Å². The Hall–Kier alpha value is -4.60. The molecule has 0 saturated carbocycles. The molecular weight excluding hydrogens is 528 g/mol. The number of nitrogens with zero attached hydrogens (tertiary/aromatic N) is 1. The number of rotatable bonds is 11. The third-order valence-electron chi connectivity index (χ3n) is 6.65. The molecule has 1 heterocycles. The molecule has 0 aliphatic carbocycles. The fourth-order valence-corrected chi connectivity index (χ4v) is 4.59. The average molecular weight is 565 g/mol. The minimum absolute atomic E-state index is 0.140. The van der Waals surface area contributed by atoms with Gasteiger partial charge in [0.2, 0.25) is 5.75 Å². The van der Waals surface area contributed by atoms with Gasteiger partial charge in [0.25, 0.3) is 5.91 Å². The maximum Gasteiger partial charge on any atom is 0.328 e. The van der Waals surface area contributed by atoms with Crippen molar-refractivity contribution in [2.75, 3.05) is 21.3 Å². The van der Waals surface area contributed by atoms with Gasteiger partial charge in [0.1, 0.15) is 23.6 Å². The number of carbonyl (C=O) groups is 3. The van der Waals surface area contributed by atoms with E-state index in [1.807, 2.05) is 57.2 Å². The third kappa shape index (κ3) is 7.33. The zero-order valence-electron chi connectivity index (χ0n) is 24.6. The molecule has 0 radical (unpaired) electrons. The number of ether oxygens (including phenoxy) is 5. The number of amides is 1. The van der Waals surface area contributed by atoms with Crippen LogP contribution in [0.25, 0.3) is 0 Å². The largest absolute Gasteiger partial charge is 0.497 e. The van der Waals surface area contributed by atoms with Crippen molar-refractivity contribution in [1.29, 1.82) is 0 Å². The second-order valence-electron chi connectivity index (χ2n) is 9.54. The van der Waals surface area contributed by atoms with E-state index >= 15 is 0 Å². The minimum Gasteiger partial charge on any atom is -0.497 e. The summed E-state index contributed by atoms with van der Waals surface area (Å²) in [6.07, 6.45) is 0.720. The molecule has 10 nitrogen and oxygen atoms in total. The molecule has 41 heavy (non-hydrogen) atoms. The standard InChI is InChI=1S/C31H36N2O8/c1-17-15-22(37-6)9-11-24(17)27(25-12-10-23(38-7)16-18(25)2)20(4)40-31(36)19(3)33-30(35)28-29(41-21(5)34)26(39-8)13-14-32-28/h9-16,19-20,27H,1-8H3,(H,33,35)/t19-,20-/m0/s1. The number of aromatic nitrogens is 1. The quantitative estimate of drug-likeness (QED) is 0.335. The van der Waals surface area contributed by atoms with Crippen molar-refractivity contribution in [1.82, 2.24) is 10.3 Å². The van der Waals surface area contributed by atoms with E-state index in [0.717, 1.165) is 33.8 Å². The van der Waals surface area contributed by atoms with Gasteiger partial charge < -0.3 is 29.0 Å². The van der Waals surface area contributed by atoms with Crippen LogP contribution in [0, 0.1) is 13.8 Å². The fourth-order valence-electron chi connectivity index (χ4n) is 4.59. The van der Waals surface area contributed by atoms with Crippen LogP contribution in [0.3, 0.4) is 0 Å². The minimum atomic E-state index is -1.04. The molecule has 0 fully saturated rings. The highest BCUT2D eigenvalue weighted by Crippen LogP contribution is 2.36. The van der Waals surface area contributed by atoms with Gasteiger partial charge in [-0.05, 0) is 74.2 Å². The maximum atomic E-state index is 13.2. The number of benzene rings is 2. The first-order valence-electron chi connectivity index (χ1n) is 13.0. The van der Waals surface area contributed by atoms with Crippen molar-refractivity contribution >= 4 is 17.8 Å². The Morgan fingerprint density at radius 2 is 1.39 bits per heavy atom. The smallest absolute Gasteiger partial charge is 0.328 e. The van der Waals surface area contributed by atoms with Gasteiger partial charge in [0.05, 0.1) is 21.3 Å². The highest BCUT2D eigenvalue weighted by atomic mass is 16.6. The number of aryl methyl sites for hydroxylation is 2. The van der Waals surface area contributed by atoms with Gasteiger partial charge in [-0.3, -0.25) is 9.59 Å². The number of carbonyl (C=O) groups excluding carboxylic acids is 3. The van der Waals surface area contributed by atoms with Crippen molar-refractivity contribution in [3.63, 3.8) is 0 Å². The van der Waals surface area contributed by atoms with Crippen molar-refractivity contribution in [3.05, 3.63) is 76.6 Å². The van der Waals surface area contributed by atoms with Crippen LogP contribution in [0.15, 0.2) is 48.7 Å². The monoisotopic (exact) mass is 564 g/mol. The van der Waals surface area contributed by atoms with Gasteiger partial charge in [0, 0.05) is 25.1 Å². The number of hydrogen-bond donors (Lipinski definition) is 1. The number of methoxy groups -OCH3 is 3. The molecule has 1 aromatic heterocycles. The van der Waals surface area contributed by atoms with E-state index in [1.165, 1.54) is 33.2 Å². The van der Waals surface area contributed by atoms with Gasteiger partial charge in [0.15, 0.2) is 11.4 Å². The van der Waals surface area contributed by atoms with Crippen LogP contribution in [-0.2, 0) is 14.3 Å². The van der Waals surface area contributed by atoms with E-state index in [0.29, 0.717) is 0 Å². The normalized spacial score (nSPS) is 12.2. The van der Waals surface area contributed by atoms with E-state index in [2.05, 4.69) is 10.3 Å². The van der Waals surface area contributed by atoms with Crippen LogP contribution < -0.4 is 24.3 Å². The average Bonchev–Trinajstić information content (AvgIpc) is 2.94. The maximum absolute atomic E-state index is 13.2. The lowest BCUT2D eigenvalue weighted by Gasteiger charge is -2.29. The molecule has 218 valence electrons. The van der Waals surface area contributed by atoms with E-state index in [9.17, 15) is 14.4 Å². The van der Waals surface area contributed by atoms with Crippen LogP contribution in [0.5, 0.6) is 23.0 Å². The summed E-state index contributed by atoms with van der Waals surface area (Å²) in [7, 11) is 4.59. The first-order valence-corrected chi connectivity index (χ1v) is 13.0. The first-order chi connectivity index (χ1) is 19.5. The number of hydrogen-bond acceptors (Lipinski definition) is 9. The molecule has 0 unspecified atom stereocenters. The summed E-state index contributed by atoms with van der Waals surface area (Å²) in [4.78, 5) is 41.9. The molecule has 0 aliphatic rings. The highest BCUT2D eigenvalue weighted by molar-refractivity contribution is 5.98. The Balaban J connectivity index is 1.87. The van der Waals surface area contributed by atoms with Crippen LogP contribution in [0.4, 0.5) is 0 Å². The molecule has 3 aromatic rings. The lowest BCUT2D eigenvalue weighted by molar-refractivity contribution is -0.150. The molecular formula is C31H36N2O8. The van der Waals surface area contributed by atoms with Crippen molar-refractivity contribution in [3.8, 4) is 23.0 Å². The second-order valence-corrected chi connectivity index (χ2v) is 9.54. The summed E-state index contributed by atoms with van der Waals surface area (Å²) in [5.74, 6) is -0.908. The number of pyridine rings is 1. The van der Waals surface area contributed by atoms with E-state index in [-0.39, 0.29) is 23.1 Å². The van der Waals surface area contributed by atoms with E-state index in [4.69, 9.17) is 23.7 Å². The van der Waals surface area contributed by atoms with Gasteiger partial charge in [-0.25, -0.2) is 9.78 Å². The molecule has 1 N–H and O–H groups in total. The summed E-state index contributed by atoms with van der Waals surface area (Å²) < 4.78 is 27.1.